The van der Waals surface area contributed by atoms with Crippen LogP contribution < -0.4 is 9.62 Å². The normalized spacial score (nSPS) is 11.9. The summed E-state index contributed by atoms with van der Waals surface area (Å²) < 4.78 is 29.4. The van der Waals surface area contributed by atoms with Crippen molar-refractivity contribution in [1.82, 2.24) is 10.2 Å². The first-order valence-corrected chi connectivity index (χ1v) is 16.8. The lowest BCUT2D eigenvalue weighted by Gasteiger charge is -2.34. The highest BCUT2D eigenvalue weighted by atomic mass is 35.5. The summed E-state index contributed by atoms with van der Waals surface area (Å²) in [6, 6.07) is 27.7. The second-order valence-corrected chi connectivity index (χ2v) is 13.5. The highest BCUT2D eigenvalue weighted by Gasteiger charge is 2.34. The van der Waals surface area contributed by atoms with Crippen LogP contribution in [0.15, 0.2) is 102 Å². The zero-order valence-corrected chi connectivity index (χ0v) is 27.7. The van der Waals surface area contributed by atoms with Gasteiger partial charge in [-0.05, 0) is 68.1 Å². The Morgan fingerprint density at radius 1 is 0.822 bits per heavy atom. The number of benzene rings is 4. The van der Waals surface area contributed by atoms with Crippen molar-refractivity contribution in [2.45, 2.75) is 58.0 Å². The summed E-state index contributed by atoms with van der Waals surface area (Å²) in [5.74, 6) is -0.817. The van der Waals surface area contributed by atoms with E-state index >= 15 is 0 Å². The third kappa shape index (κ3) is 8.74. The second kappa shape index (κ2) is 15.2. The Hall–Kier alpha value is -4.14. The molecule has 1 unspecified atom stereocenters. The summed E-state index contributed by atoms with van der Waals surface area (Å²) >= 11 is 6.45. The molecule has 1 N–H and O–H groups in total. The average molecular weight is 646 g/mol. The number of nitrogens with zero attached hydrogens (tertiary/aromatic N) is 2. The van der Waals surface area contributed by atoms with E-state index < -0.39 is 28.5 Å². The Balaban J connectivity index is 1.81. The van der Waals surface area contributed by atoms with E-state index in [0.29, 0.717) is 11.6 Å². The van der Waals surface area contributed by atoms with Crippen molar-refractivity contribution in [1.29, 1.82) is 0 Å². The molecule has 0 saturated carbocycles. The van der Waals surface area contributed by atoms with Crippen molar-refractivity contribution in [3.63, 3.8) is 0 Å². The highest BCUT2D eigenvalue weighted by Crippen LogP contribution is 2.29. The zero-order valence-electron chi connectivity index (χ0n) is 26.2. The van der Waals surface area contributed by atoms with Crippen molar-refractivity contribution >= 4 is 39.1 Å². The fourth-order valence-corrected chi connectivity index (χ4v) is 6.49. The van der Waals surface area contributed by atoms with Gasteiger partial charge in [0, 0.05) is 24.5 Å². The number of nitrogens with one attached hydrogen (secondary N) is 1. The standard InChI is InChI=1S/C36H40ClN3O4S/c1-5-21-38-36(42)34(22-29-9-7-6-8-10-29)39(24-30-16-11-26(2)12-17-30)35(41)25-40(31-18-15-28(4)33(37)23-31)45(43,44)32-19-13-27(3)14-20-32/h6-20,23,34H,5,21-22,24-25H2,1-4H3,(H,38,42). The molecule has 4 aromatic carbocycles. The lowest BCUT2D eigenvalue weighted by molar-refractivity contribution is -0.140. The fourth-order valence-electron chi connectivity index (χ4n) is 4.91. The number of amides is 2. The summed E-state index contributed by atoms with van der Waals surface area (Å²) in [6.45, 7) is 7.66. The first kappa shape index (κ1) is 33.7. The topological polar surface area (TPSA) is 86.8 Å². The molecule has 9 heteroatoms. The van der Waals surface area contributed by atoms with Gasteiger partial charge in [-0.3, -0.25) is 13.9 Å². The third-order valence-corrected chi connectivity index (χ3v) is 9.82. The van der Waals surface area contributed by atoms with Crippen LogP contribution in [0.2, 0.25) is 5.02 Å². The molecule has 7 nitrogen and oxygen atoms in total. The molecule has 2 amide bonds. The zero-order chi connectivity index (χ0) is 32.6. The van der Waals surface area contributed by atoms with Gasteiger partial charge in [-0.1, -0.05) is 102 Å². The molecule has 0 aliphatic carbocycles. The Morgan fingerprint density at radius 3 is 2.04 bits per heavy atom. The van der Waals surface area contributed by atoms with E-state index in [1.165, 1.54) is 17.0 Å². The quantitative estimate of drug-likeness (QED) is 0.177. The maximum atomic E-state index is 14.5. The molecule has 0 aliphatic heterocycles. The summed E-state index contributed by atoms with van der Waals surface area (Å²) in [5, 5.41) is 3.34. The minimum atomic E-state index is -4.20. The Morgan fingerprint density at radius 2 is 1.44 bits per heavy atom. The summed E-state index contributed by atoms with van der Waals surface area (Å²) in [6.07, 6.45) is 0.988. The number of hydrogen-bond donors (Lipinski definition) is 1. The first-order chi connectivity index (χ1) is 21.5. The van der Waals surface area contributed by atoms with Crippen LogP contribution in [0.4, 0.5) is 5.69 Å². The van der Waals surface area contributed by atoms with Gasteiger partial charge in [0.1, 0.15) is 12.6 Å². The Kier molecular flexibility index (Phi) is 11.4. The predicted molar refractivity (Wildman–Crippen MR) is 181 cm³/mol. The van der Waals surface area contributed by atoms with Crippen LogP contribution in [-0.4, -0.2) is 44.3 Å². The molecule has 1 atom stereocenters. The smallest absolute Gasteiger partial charge is 0.264 e. The van der Waals surface area contributed by atoms with Gasteiger partial charge in [0.2, 0.25) is 11.8 Å². The highest BCUT2D eigenvalue weighted by molar-refractivity contribution is 7.92. The van der Waals surface area contributed by atoms with Crippen LogP contribution in [0.3, 0.4) is 0 Å². The Bertz CT molecular complexity index is 1710. The number of carbonyl (C=O) groups is 2. The lowest BCUT2D eigenvalue weighted by atomic mass is 10.0. The third-order valence-electron chi connectivity index (χ3n) is 7.63. The minimum absolute atomic E-state index is 0.0456. The molecule has 0 heterocycles. The molecule has 0 aromatic heterocycles. The molecule has 4 aromatic rings. The maximum absolute atomic E-state index is 14.5. The van der Waals surface area contributed by atoms with Crippen LogP contribution in [0.1, 0.15) is 41.2 Å². The molecule has 0 aliphatic rings. The largest absolute Gasteiger partial charge is 0.354 e. The molecule has 0 fully saturated rings. The van der Waals surface area contributed by atoms with E-state index in [-0.39, 0.29) is 29.5 Å². The number of sulfonamides is 1. The molecular weight excluding hydrogens is 606 g/mol. The van der Waals surface area contributed by atoms with Gasteiger partial charge in [-0.25, -0.2) is 8.42 Å². The van der Waals surface area contributed by atoms with E-state index in [0.717, 1.165) is 38.5 Å². The molecule has 0 saturated heterocycles. The Labute approximate surface area is 271 Å². The molecule has 236 valence electrons. The number of halogens is 1. The molecule has 0 radical (unpaired) electrons. The molecule has 0 spiro atoms. The van der Waals surface area contributed by atoms with Crippen molar-refractivity contribution < 1.29 is 18.0 Å². The second-order valence-electron chi connectivity index (χ2n) is 11.3. The van der Waals surface area contributed by atoms with Crippen LogP contribution in [0.25, 0.3) is 0 Å². The average Bonchev–Trinajstić information content (AvgIpc) is 3.03. The van der Waals surface area contributed by atoms with Gasteiger partial charge in [0.15, 0.2) is 0 Å². The van der Waals surface area contributed by atoms with E-state index in [1.54, 1.807) is 30.3 Å². The van der Waals surface area contributed by atoms with Gasteiger partial charge >= 0.3 is 0 Å². The molecule has 45 heavy (non-hydrogen) atoms. The van der Waals surface area contributed by atoms with E-state index in [9.17, 15) is 18.0 Å². The van der Waals surface area contributed by atoms with Crippen molar-refractivity contribution in [3.05, 3.63) is 130 Å². The van der Waals surface area contributed by atoms with Crippen LogP contribution >= 0.6 is 11.6 Å². The monoisotopic (exact) mass is 645 g/mol. The van der Waals surface area contributed by atoms with Crippen molar-refractivity contribution in [2.24, 2.45) is 0 Å². The number of hydrogen-bond acceptors (Lipinski definition) is 4. The minimum Gasteiger partial charge on any atom is -0.354 e. The number of aryl methyl sites for hydroxylation is 3. The van der Waals surface area contributed by atoms with E-state index in [1.807, 2.05) is 82.3 Å². The number of rotatable bonds is 13. The molecule has 4 rings (SSSR count). The van der Waals surface area contributed by atoms with Crippen LogP contribution in [0.5, 0.6) is 0 Å². The summed E-state index contributed by atoms with van der Waals surface area (Å²) in [5.41, 5.74) is 4.69. The fraction of sp³-hybridized carbons (Fsp3) is 0.278. The molecule has 0 bridgehead atoms. The predicted octanol–water partition coefficient (Wildman–Crippen LogP) is 6.63. The van der Waals surface area contributed by atoms with Crippen LogP contribution in [-0.2, 0) is 32.6 Å². The van der Waals surface area contributed by atoms with Gasteiger partial charge in [0.05, 0.1) is 10.6 Å². The van der Waals surface area contributed by atoms with Gasteiger partial charge in [0.25, 0.3) is 10.0 Å². The van der Waals surface area contributed by atoms with Gasteiger partial charge in [-0.15, -0.1) is 0 Å². The summed E-state index contributed by atoms with van der Waals surface area (Å²) in [7, 11) is -4.20. The lowest BCUT2D eigenvalue weighted by Crippen LogP contribution is -2.53. The number of carbonyl (C=O) groups excluding carboxylic acids is 2. The van der Waals surface area contributed by atoms with Crippen molar-refractivity contribution in [3.8, 4) is 0 Å². The summed E-state index contributed by atoms with van der Waals surface area (Å²) in [4.78, 5) is 29.8. The first-order valence-electron chi connectivity index (χ1n) is 15.0. The van der Waals surface area contributed by atoms with Gasteiger partial charge in [-0.2, -0.15) is 0 Å². The van der Waals surface area contributed by atoms with Gasteiger partial charge < -0.3 is 10.2 Å². The van der Waals surface area contributed by atoms with E-state index in [2.05, 4.69) is 5.32 Å². The van der Waals surface area contributed by atoms with Crippen LogP contribution in [0, 0.1) is 20.8 Å². The molecular formula is C36H40ClN3O4S. The van der Waals surface area contributed by atoms with E-state index in [4.69, 9.17) is 11.6 Å². The van der Waals surface area contributed by atoms with Crippen molar-refractivity contribution in [2.75, 3.05) is 17.4 Å². The maximum Gasteiger partial charge on any atom is 0.264 e. The SMILES string of the molecule is CCCNC(=O)C(Cc1ccccc1)N(Cc1ccc(C)cc1)C(=O)CN(c1ccc(C)c(Cl)c1)S(=O)(=O)c1ccc(C)cc1. The number of anilines is 1.